The van der Waals surface area contributed by atoms with Gasteiger partial charge in [0, 0.05) is 11.1 Å². The molecule has 0 radical (unpaired) electrons. The normalized spacial score (nSPS) is 17.8. The first-order chi connectivity index (χ1) is 14.0. The van der Waals surface area contributed by atoms with Gasteiger partial charge in [-0.1, -0.05) is 11.6 Å². The first-order valence-corrected chi connectivity index (χ1v) is 10.0. The van der Waals surface area contributed by atoms with Gasteiger partial charge in [-0.3, -0.25) is 4.79 Å². The Morgan fingerprint density at radius 2 is 1.93 bits per heavy atom. The van der Waals surface area contributed by atoms with Gasteiger partial charge in [0.1, 0.15) is 11.5 Å². The number of hydrogen-bond donors (Lipinski definition) is 1. The lowest BCUT2D eigenvalue weighted by atomic mass is 9.89. The molecule has 0 aromatic heterocycles. The van der Waals surface area contributed by atoms with E-state index in [9.17, 15) is 9.59 Å². The van der Waals surface area contributed by atoms with Crippen LogP contribution in [-0.2, 0) is 9.53 Å². The molecule has 4 rings (SSSR count). The van der Waals surface area contributed by atoms with Crippen LogP contribution >= 0.6 is 11.6 Å². The number of aromatic carboxylic acids is 1. The number of esters is 1. The van der Waals surface area contributed by atoms with E-state index in [0.717, 1.165) is 24.0 Å². The summed E-state index contributed by atoms with van der Waals surface area (Å²) in [5, 5.41) is 9.45. The van der Waals surface area contributed by atoms with Crippen LogP contribution in [0.25, 0.3) is 0 Å². The highest BCUT2D eigenvalue weighted by Gasteiger charge is 2.38. The molecule has 1 unspecified atom stereocenters. The average Bonchev–Trinajstić information content (AvgIpc) is 3.53. The van der Waals surface area contributed by atoms with Crippen molar-refractivity contribution < 1.29 is 28.9 Å². The Balaban J connectivity index is 1.73. The van der Waals surface area contributed by atoms with Crippen LogP contribution in [-0.4, -0.2) is 30.3 Å². The van der Waals surface area contributed by atoms with Gasteiger partial charge in [-0.15, -0.1) is 0 Å². The zero-order valence-electron chi connectivity index (χ0n) is 15.9. The summed E-state index contributed by atoms with van der Waals surface area (Å²) in [4.78, 5) is 23.5. The Morgan fingerprint density at radius 3 is 2.55 bits per heavy atom. The van der Waals surface area contributed by atoms with E-state index >= 15 is 0 Å². The third-order valence-corrected chi connectivity index (χ3v) is 5.44. The molecule has 1 aliphatic carbocycles. The predicted molar refractivity (Wildman–Crippen MR) is 106 cm³/mol. The van der Waals surface area contributed by atoms with Gasteiger partial charge in [0.25, 0.3) is 0 Å². The molecule has 7 heteroatoms. The van der Waals surface area contributed by atoms with Crippen molar-refractivity contribution in [1.82, 2.24) is 0 Å². The van der Waals surface area contributed by atoms with Crippen molar-refractivity contribution in [3.63, 3.8) is 0 Å². The topological polar surface area (TPSA) is 82.1 Å². The summed E-state index contributed by atoms with van der Waals surface area (Å²) in [5.41, 5.74) is 1.80. The summed E-state index contributed by atoms with van der Waals surface area (Å²) in [6.45, 7) is 2.53. The highest BCUT2D eigenvalue weighted by molar-refractivity contribution is 6.32. The monoisotopic (exact) mass is 416 g/mol. The smallest absolute Gasteiger partial charge is 0.335 e. The second kappa shape index (κ2) is 7.95. The summed E-state index contributed by atoms with van der Waals surface area (Å²) in [5.74, 6) is 0.234. The number of carboxylic acid groups (broad SMARTS) is 1. The lowest BCUT2D eigenvalue weighted by molar-refractivity contribution is -0.145. The fourth-order valence-corrected chi connectivity index (χ4v) is 3.88. The number of halogens is 1. The lowest BCUT2D eigenvalue weighted by Gasteiger charge is -2.28. The third kappa shape index (κ3) is 3.90. The quantitative estimate of drug-likeness (QED) is 0.657. The second-order valence-corrected chi connectivity index (χ2v) is 7.57. The number of ether oxygens (including phenoxy) is 3. The van der Waals surface area contributed by atoms with Crippen LogP contribution in [0.4, 0.5) is 0 Å². The number of carbonyl (C=O) groups excluding carboxylic acids is 1. The Bertz CT molecular complexity index is 949. The van der Waals surface area contributed by atoms with Crippen LogP contribution in [0, 0.1) is 0 Å². The van der Waals surface area contributed by atoms with E-state index in [1.165, 1.54) is 12.1 Å². The Labute approximate surface area is 173 Å². The molecule has 1 N–H and O–H groups in total. The van der Waals surface area contributed by atoms with Gasteiger partial charge in [0.05, 0.1) is 29.7 Å². The standard InChI is InChI=1S/C22H21ClO6/c1-2-27-22(26)15-9-10-28-19-16(15)11-17(23)20(18(19)12-3-4-12)29-14-7-5-13(6-8-14)21(24)25/h5-8,11-12,15H,2-4,9-10H2,1H3,(H,24,25). The Kier molecular flexibility index (Phi) is 5.37. The molecular weight excluding hydrogens is 396 g/mol. The molecule has 2 aromatic rings. The molecule has 1 atom stereocenters. The van der Waals surface area contributed by atoms with Crippen molar-refractivity contribution in [2.45, 2.75) is 38.0 Å². The van der Waals surface area contributed by atoms with E-state index < -0.39 is 11.9 Å². The summed E-state index contributed by atoms with van der Waals surface area (Å²) in [6.07, 6.45) is 2.53. The molecule has 2 aliphatic rings. The third-order valence-electron chi connectivity index (χ3n) is 5.16. The van der Waals surface area contributed by atoms with Gasteiger partial charge in [0.15, 0.2) is 5.75 Å². The minimum Gasteiger partial charge on any atom is -0.493 e. The average molecular weight is 417 g/mol. The second-order valence-electron chi connectivity index (χ2n) is 7.17. The number of hydrogen-bond acceptors (Lipinski definition) is 5. The highest BCUT2D eigenvalue weighted by atomic mass is 35.5. The van der Waals surface area contributed by atoms with Gasteiger partial charge in [-0.25, -0.2) is 4.79 Å². The van der Waals surface area contributed by atoms with E-state index in [-0.39, 0.29) is 17.5 Å². The first kappa shape index (κ1) is 19.6. The maximum atomic E-state index is 12.4. The zero-order chi connectivity index (χ0) is 20.5. The molecule has 6 nitrogen and oxygen atoms in total. The molecule has 0 bridgehead atoms. The molecule has 0 spiro atoms. The van der Waals surface area contributed by atoms with E-state index in [0.29, 0.717) is 41.9 Å². The summed E-state index contributed by atoms with van der Waals surface area (Å²) >= 11 is 6.59. The van der Waals surface area contributed by atoms with Crippen molar-refractivity contribution >= 4 is 23.5 Å². The van der Waals surface area contributed by atoms with Crippen molar-refractivity contribution in [2.75, 3.05) is 13.2 Å². The minimum absolute atomic E-state index is 0.178. The van der Waals surface area contributed by atoms with E-state index in [1.54, 1.807) is 25.1 Å². The molecule has 1 fully saturated rings. The number of rotatable bonds is 6. The molecule has 1 aliphatic heterocycles. The van der Waals surface area contributed by atoms with Gasteiger partial charge >= 0.3 is 11.9 Å². The fourth-order valence-electron chi connectivity index (χ4n) is 3.63. The van der Waals surface area contributed by atoms with E-state index in [4.69, 9.17) is 30.9 Å². The van der Waals surface area contributed by atoms with Crippen molar-refractivity contribution in [3.8, 4) is 17.2 Å². The fraction of sp³-hybridized carbons (Fsp3) is 0.364. The number of carbonyl (C=O) groups is 2. The molecule has 2 aromatic carbocycles. The molecular formula is C22H21ClO6. The van der Waals surface area contributed by atoms with Crippen LogP contribution in [0.2, 0.25) is 5.02 Å². The lowest BCUT2D eigenvalue weighted by Crippen LogP contribution is -2.24. The van der Waals surface area contributed by atoms with Gasteiger partial charge < -0.3 is 19.3 Å². The van der Waals surface area contributed by atoms with Gasteiger partial charge in [0.2, 0.25) is 0 Å². The molecule has 0 saturated heterocycles. The van der Waals surface area contributed by atoms with Crippen LogP contribution in [0.3, 0.4) is 0 Å². The summed E-state index contributed by atoms with van der Waals surface area (Å²) in [6, 6.07) is 7.88. The van der Waals surface area contributed by atoms with Gasteiger partial charge in [-0.2, -0.15) is 0 Å². The Hall–Kier alpha value is -2.73. The van der Waals surface area contributed by atoms with Crippen LogP contribution in [0.1, 0.15) is 59.5 Å². The van der Waals surface area contributed by atoms with Crippen molar-refractivity contribution in [2.24, 2.45) is 0 Å². The summed E-state index contributed by atoms with van der Waals surface area (Å²) in [7, 11) is 0. The molecule has 1 saturated carbocycles. The van der Waals surface area contributed by atoms with Crippen LogP contribution in [0.15, 0.2) is 30.3 Å². The van der Waals surface area contributed by atoms with Gasteiger partial charge in [-0.05, 0) is 62.4 Å². The summed E-state index contributed by atoms with van der Waals surface area (Å²) < 4.78 is 17.3. The maximum absolute atomic E-state index is 12.4. The van der Waals surface area contributed by atoms with E-state index in [1.807, 2.05) is 0 Å². The molecule has 29 heavy (non-hydrogen) atoms. The first-order valence-electron chi connectivity index (χ1n) is 9.66. The SMILES string of the molecule is CCOC(=O)C1CCOc2c1cc(Cl)c(Oc1ccc(C(=O)O)cc1)c2C1CC1. The molecule has 1 heterocycles. The van der Waals surface area contributed by atoms with Crippen molar-refractivity contribution in [1.29, 1.82) is 0 Å². The number of benzene rings is 2. The van der Waals surface area contributed by atoms with E-state index in [2.05, 4.69) is 0 Å². The minimum atomic E-state index is -1.000. The van der Waals surface area contributed by atoms with Crippen molar-refractivity contribution in [3.05, 3.63) is 52.0 Å². The Morgan fingerprint density at radius 1 is 1.21 bits per heavy atom. The molecule has 152 valence electrons. The molecule has 0 amide bonds. The zero-order valence-corrected chi connectivity index (χ0v) is 16.7. The maximum Gasteiger partial charge on any atom is 0.335 e. The van der Waals surface area contributed by atoms with Crippen LogP contribution in [0.5, 0.6) is 17.2 Å². The van der Waals surface area contributed by atoms with Crippen LogP contribution < -0.4 is 9.47 Å². The highest BCUT2D eigenvalue weighted by Crippen LogP contribution is 2.55. The number of fused-ring (bicyclic) bond motifs is 1. The largest absolute Gasteiger partial charge is 0.493 e. The number of carboxylic acids is 1. The predicted octanol–water partition coefficient (Wildman–Crippen LogP) is 5.14.